The highest BCUT2D eigenvalue weighted by molar-refractivity contribution is 5.28. The van der Waals surface area contributed by atoms with E-state index in [2.05, 4.69) is 22.2 Å². The fourth-order valence-corrected chi connectivity index (χ4v) is 2.23. The van der Waals surface area contributed by atoms with Crippen LogP contribution in [0.3, 0.4) is 0 Å². The maximum Gasteiger partial charge on any atom is 0.123 e. The summed E-state index contributed by atoms with van der Waals surface area (Å²) in [5.41, 5.74) is 3.18. The zero-order valence-corrected chi connectivity index (χ0v) is 11.9. The molecule has 1 unspecified atom stereocenters. The van der Waals surface area contributed by atoms with Crippen molar-refractivity contribution in [2.45, 2.75) is 32.7 Å². The Morgan fingerprint density at radius 3 is 2.65 bits per heavy atom. The van der Waals surface area contributed by atoms with Gasteiger partial charge in [-0.3, -0.25) is 0 Å². The number of nitrogens with zero attached hydrogens (tertiary/aromatic N) is 2. The molecule has 1 heterocycles. The lowest BCUT2D eigenvalue weighted by Crippen LogP contribution is -2.24. The third-order valence-corrected chi connectivity index (χ3v) is 3.35. The summed E-state index contributed by atoms with van der Waals surface area (Å²) in [5.74, 6) is -0.188. The van der Waals surface area contributed by atoms with Crippen molar-refractivity contribution < 1.29 is 4.39 Å². The third kappa shape index (κ3) is 3.84. The number of aromatic nitrogens is 2. The van der Waals surface area contributed by atoms with Crippen LogP contribution in [-0.2, 0) is 6.42 Å². The summed E-state index contributed by atoms with van der Waals surface area (Å²) in [6.07, 6.45) is 7.06. The molecular formula is C16H20FN3. The Morgan fingerprint density at radius 2 is 2.00 bits per heavy atom. The van der Waals surface area contributed by atoms with Crippen LogP contribution >= 0.6 is 0 Å². The summed E-state index contributed by atoms with van der Waals surface area (Å²) in [6.45, 7) is 5.01. The van der Waals surface area contributed by atoms with Crippen molar-refractivity contribution in [3.05, 3.63) is 59.4 Å². The standard InChI is InChI=1S/C16H20FN3/c1-3-6-20-16(14-9-18-11-19-10-14)8-13-4-5-15(17)7-12(13)2/h4-5,7,9-11,16,20H,3,6,8H2,1-2H3. The summed E-state index contributed by atoms with van der Waals surface area (Å²) in [6, 6.07) is 5.10. The van der Waals surface area contributed by atoms with Crippen LogP contribution in [0.5, 0.6) is 0 Å². The van der Waals surface area contributed by atoms with Crippen LogP contribution in [0.2, 0.25) is 0 Å². The van der Waals surface area contributed by atoms with Crippen LogP contribution in [0.25, 0.3) is 0 Å². The summed E-state index contributed by atoms with van der Waals surface area (Å²) in [4.78, 5) is 8.16. The quantitative estimate of drug-likeness (QED) is 0.878. The van der Waals surface area contributed by atoms with E-state index in [1.165, 1.54) is 12.4 Å². The molecule has 0 saturated carbocycles. The first-order chi connectivity index (χ1) is 9.70. The Kier molecular flexibility index (Phi) is 5.18. The molecule has 1 N–H and O–H groups in total. The van der Waals surface area contributed by atoms with E-state index in [1.54, 1.807) is 6.07 Å². The van der Waals surface area contributed by atoms with Crippen molar-refractivity contribution in [2.75, 3.05) is 6.54 Å². The summed E-state index contributed by atoms with van der Waals surface area (Å²) in [7, 11) is 0. The maximum absolute atomic E-state index is 13.2. The molecule has 0 spiro atoms. The fourth-order valence-electron chi connectivity index (χ4n) is 2.23. The monoisotopic (exact) mass is 273 g/mol. The van der Waals surface area contributed by atoms with Crippen molar-refractivity contribution in [2.24, 2.45) is 0 Å². The predicted octanol–water partition coefficient (Wildman–Crippen LogP) is 3.21. The van der Waals surface area contributed by atoms with Gasteiger partial charge in [0.15, 0.2) is 0 Å². The number of hydrogen-bond donors (Lipinski definition) is 1. The molecule has 0 aliphatic rings. The molecular weight excluding hydrogens is 253 g/mol. The summed E-state index contributed by atoms with van der Waals surface area (Å²) < 4.78 is 13.2. The number of hydrogen-bond acceptors (Lipinski definition) is 3. The Bertz CT molecular complexity index is 543. The summed E-state index contributed by atoms with van der Waals surface area (Å²) in [5, 5.41) is 3.50. The molecule has 4 heteroatoms. The van der Waals surface area contributed by atoms with Crippen molar-refractivity contribution in [1.82, 2.24) is 15.3 Å². The highest BCUT2D eigenvalue weighted by atomic mass is 19.1. The molecule has 0 bridgehead atoms. The Labute approximate surface area is 119 Å². The molecule has 0 saturated heterocycles. The lowest BCUT2D eigenvalue weighted by atomic mass is 9.97. The molecule has 20 heavy (non-hydrogen) atoms. The second-order valence-corrected chi connectivity index (χ2v) is 4.95. The van der Waals surface area contributed by atoms with Crippen LogP contribution in [-0.4, -0.2) is 16.5 Å². The smallest absolute Gasteiger partial charge is 0.123 e. The predicted molar refractivity (Wildman–Crippen MR) is 77.9 cm³/mol. The van der Waals surface area contributed by atoms with E-state index in [-0.39, 0.29) is 11.9 Å². The Morgan fingerprint density at radius 1 is 1.25 bits per heavy atom. The first kappa shape index (κ1) is 14.6. The molecule has 0 amide bonds. The highest BCUT2D eigenvalue weighted by Crippen LogP contribution is 2.20. The molecule has 2 rings (SSSR count). The van der Waals surface area contributed by atoms with Gasteiger partial charge in [0, 0.05) is 24.0 Å². The normalized spacial score (nSPS) is 12.3. The SMILES string of the molecule is CCCNC(Cc1ccc(F)cc1C)c1cncnc1. The molecule has 0 fully saturated rings. The van der Waals surface area contributed by atoms with E-state index >= 15 is 0 Å². The van der Waals surface area contributed by atoms with Crippen molar-refractivity contribution >= 4 is 0 Å². The third-order valence-electron chi connectivity index (χ3n) is 3.35. The average Bonchev–Trinajstić information content (AvgIpc) is 2.46. The van der Waals surface area contributed by atoms with Crippen LogP contribution in [0.1, 0.15) is 36.1 Å². The van der Waals surface area contributed by atoms with Crippen LogP contribution in [0.15, 0.2) is 36.9 Å². The van der Waals surface area contributed by atoms with Crippen LogP contribution in [0.4, 0.5) is 4.39 Å². The van der Waals surface area contributed by atoms with Gasteiger partial charge in [-0.15, -0.1) is 0 Å². The number of aryl methyl sites for hydroxylation is 1. The first-order valence-electron chi connectivity index (χ1n) is 6.94. The Balaban J connectivity index is 2.19. The number of benzene rings is 1. The molecule has 1 aromatic heterocycles. The van der Waals surface area contributed by atoms with E-state index in [9.17, 15) is 4.39 Å². The first-order valence-corrected chi connectivity index (χ1v) is 6.94. The van der Waals surface area contributed by atoms with E-state index in [0.717, 1.165) is 36.1 Å². The second-order valence-electron chi connectivity index (χ2n) is 4.95. The molecule has 0 aliphatic heterocycles. The van der Waals surface area contributed by atoms with E-state index in [4.69, 9.17) is 0 Å². The second kappa shape index (κ2) is 7.10. The van der Waals surface area contributed by atoms with Crippen LogP contribution < -0.4 is 5.32 Å². The van der Waals surface area contributed by atoms with Gasteiger partial charge in [0.1, 0.15) is 12.1 Å². The largest absolute Gasteiger partial charge is 0.310 e. The molecule has 1 aromatic carbocycles. The van der Waals surface area contributed by atoms with Crippen molar-refractivity contribution in [3.8, 4) is 0 Å². The van der Waals surface area contributed by atoms with E-state index in [0.29, 0.717) is 0 Å². The minimum Gasteiger partial charge on any atom is -0.310 e. The van der Waals surface area contributed by atoms with Gasteiger partial charge >= 0.3 is 0 Å². The molecule has 2 aromatic rings. The topological polar surface area (TPSA) is 37.8 Å². The maximum atomic E-state index is 13.2. The summed E-state index contributed by atoms with van der Waals surface area (Å²) >= 11 is 0. The van der Waals surface area contributed by atoms with Crippen molar-refractivity contribution in [3.63, 3.8) is 0 Å². The zero-order chi connectivity index (χ0) is 14.4. The van der Waals surface area contributed by atoms with Crippen LogP contribution in [0, 0.1) is 12.7 Å². The molecule has 106 valence electrons. The van der Waals surface area contributed by atoms with Gasteiger partial charge in [-0.05, 0) is 49.6 Å². The van der Waals surface area contributed by atoms with Gasteiger partial charge in [-0.2, -0.15) is 0 Å². The molecule has 0 aliphatic carbocycles. The van der Waals surface area contributed by atoms with Gasteiger partial charge < -0.3 is 5.32 Å². The van der Waals surface area contributed by atoms with Gasteiger partial charge in [0.25, 0.3) is 0 Å². The van der Waals surface area contributed by atoms with Gasteiger partial charge in [0.05, 0.1) is 0 Å². The number of nitrogens with one attached hydrogen (secondary N) is 1. The number of halogens is 1. The highest BCUT2D eigenvalue weighted by Gasteiger charge is 2.13. The van der Waals surface area contributed by atoms with E-state index < -0.39 is 0 Å². The average molecular weight is 273 g/mol. The molecule has 0 radical (unpaired) electrons. The van der Waals surface area contributed by atoms with Crippen molar-refractivity contribution in [1.29, 1.82) is 0 Å². The van der Waals surface area contributed by atoms with E-state index in [1.807, 2.05) is 25.4 Å². The van der Waals surface area contributed by atoms with Gasteiger partial charge in [-0.1, -0.05) is 13.0 Å². The zero-order valence-electron chi connectivity index (χ0n) is 11.9. The minimum atomic E-state index is -0.188. The minimum absolute atomic E-state index is 0.153. The van der Waals surface area contributed by atoms with Gasteiger partial charge in [0.2, 0.25) is 0 Å². The Hall–Kier alpha value is -1.81. The number of rotatable bonds is 6. The molecule has 1 atom stereocenters. The molecule has 3 nitrogen and oxygen atoms in total. The lowest BCUT2D eigenvalue weighted by Gasteiger charge is -2.19. The van der Waals surface area contributed by atoms with Gasteiger partial charge in [-0.25, -0.2) is 14.4 Å². The fraction of sp³-hybridized carbons (Fsp3) is 0.375. The lowest BCUT2D eigenvalue weighted by molar-refractivity contribution is 0.524.